The molecule has 0 saturated carbocycles. The zero-order chi connectivity index (χ0) is 21.2. The molecule has 7 nitrogen and oxygen atoms in total. The Balaban J connectivity index is 1.87. The van der Waals surface area contributed by atoms with Gasteiger partial charge in [-0.2, -0.15) is 0 Å². The fourth-order valence-corrected chi connectivity index (χ4v) is 3.36. The summed E-state index contributed by atoms with van der Waals surface area (Å²) in [5.41, 5.74) is 1.06. The molecule has 0 fully saturated rings. The van der Waals surface area contributed by atoms with Gasteiger partial charge >= 0.3 is 0 Å². The highest BCUT2D eigenvalue weighted by Crippen LogP contribution is 2.27. The van der Waals surface area contributed by atoms with Crippen molar-refractivity contribution in [2.24, 2.45) is 0 Å². The number of carbonyl (C=O) groups is 2. The normalized spacial score (nSPS) is 10.5. The molecule has 0 heterocycles. The standard InChI is InChI=1S/C21H27N3O4S/c1-5-24(6-2)29-17-10-8-16(9-11-17)23-20(25)14-22-21(26)15-7-12-18(27-3)19(13-15)28-4/h7-13H,5-6,14H2,1-4H3,(H,22,26)(H,23,25). The van der Waals surface area contributed by atoms with Crippen LogP contribution in [0.4, 0.5) is 5.69 Å². The number of ether oxygens (including phenoxy) is 2. The Morgan fingerprint density at radius 1 is 0.966 bits per heavy atom. The van der Waals surface area contributed by atoms with E-state index in [0.717, 1.165) is 18.0 Å². The van der Waals surface area contributed by atoms with E-state index >= 15 is 0 Å². The van der Waals surface area contributed by atoms with Crippen LogP contribution in [0, 0.1) is 0 Å². The van der Waals surface area contributed by atoms with E-state index in [1.165, 1.54) is 14.2 Å². The molecular weight excluding hydrogens is 390 g/mol. The van der Waals surface area contributed by atoms with E-state index in [1.807, 2.05) is 24.3 Å². The number of amides is 2. The number of nitrogens with one attached hydrogen (secondary N) is 2. The predicted octanol–water partition coefficient (Wildman–Crippen LogP) is 3.42. The molecule has 0 aliphatic carbocycles. The van der Waals surface area contributed by atoms with Crippen LogP contribution in [0.15, 0.2) is 47.4 Å². The summed E-state index contributed by atoms with van der Waals surface area (Å²) in [6.07, 6.45) is 0. The molecule has 0 aromatic heterocycles. The minimum atomic E-state index is -0.368. The van der Waals surface area contributed by atoms with E-state index in [-0.39, 0.29) is 18.4 Å². The number of hydrogen-bond acceptors (Lipinski definition) is 6. The molecule has 0 aliphatic heterocycles. The molecular formula is C21H27N3O4S. The molecule has 0 aliphatic rings. The van der Waals surface area contributed by atoms with Gasteiger partial charge in [0.05, 0.1) is 20.8 Å². The van der Waals surface area contributed by atoms with Crippen LogP contribution in [0.2, 0.25) is 0 Å². The van der Waals surface area contributed by atoms with Crippen molar-refractivity contribution in [2.75, 3.05) is 39.2 Å². The number of hydrogen-bond donors (Lipinski definition) is 2. The number of benzene rings is 2. The average molecular weight is 418 g/mol. The number of methoxy groups -OCH3 is 2. The summed E-state index contributed by atoms with van der Waals surface area (Å²) in [6.45, 7) is 6.00. The lowest BCUT2D eigenvalue weighted by Crippen LogP contribution is -2.32. The first-order valence-electron chi connectivity index (χ1n) is 9.33. The minimum Gasteiger partial charge on any atom is -0.493 e. The van der Waals surface area contributed by atoms with Crippen LogP contribution in [0.3, 0.4) is 0 Å². The third-order valence-electron chi connectivity index (χ3n) is 4.13. The van der Waals surface area contributed by atoms with E-state index in [2.05, 4.69) is 28.8 Å². The smallest absolute Gasteiger partial charge is 0.251 e. The summed E-state index contributed by atoms with van der Waals surface area (Å²) in [7, 11) is 3.02. The maximum Gasteiger partial charge on any atom is 0.251 e. The fraction of sp³-hybridized carbons (Fsp3) is 0.333. The van der Waals surface area contributed by atoms with Gasteiger partial charge in [0.1, 0.15) is 0 Å². The number of anilines is 1. The quantitative estimate of drug-likeness (QED) is 0.577. The van der Waals surface area contributed by atoms with Gasteiger partial charge in [-0.05, 0) is 54.4 Å². The third-order valence-corrected chi connectivity index (χ3v) is 5.39. The maximum atomic E-state index is 12.3. The van der Waals surface area contributed by atoms with Crippen molar-refractivity contribution in [1.82, 2.24) is 9.62 Å². The molecule has 29 heavy (non-hydrogen) atoms. The second kappa shape index (κ2) is 11.3. The average Bonchev–Trinajstić information content (AvgIpc) is 2.76. The summed E-state index contributed by atoms with van der Waals surface area (Å²) in [6, 6.07) is 12.4. The van der Waals surface area contributed by atoms with Gasteiger partial charge in [0.2, 0.25) is 5.91 Å². The van der Waals surface area contributed by atoms with Gasteiger partial charge in [-0.3, -0.25) is 9.59 Å². The van der Waals surface area contributed by atoms with Crippen LogP contribution in [0.25, 0.3) is 0 Å². The van der Waals surface area contributed by atoms with E-state index in [9.17, 15) is 9.59 Å². The predicted molar refractivity (Wildman–Crippen MR) is 116 cm³/mol. The highest BCUT2D eigenvalue weighted by Gasteiger charge is 2.12. The van der Waals surface area contributed by atoms with Gasteiger partial charge in [-0.25, -0.2) is 4.31 Å². The minimum absolute atomic E-state index is 0.136. The molecule has 156 valence electrons. The lowest BCUT2D eigenvalue weighted by Gasteiger charge is -2.16. The van der Waals surface area contributed by atoms with Crippen LogP contribution in [0.1, 0.15) is 24.2 Å². The molecule has 0 spiro atoms. The Morgan fingerprint density at radius 2 is 1.62 bits per heavy atom. The Kier molecular flexibility index (Phi) is 8.82. The van der Waals surface area contributed by atoms with Crippen molar-refractivity contribution in [1.29, 1.82) is 0 Å². The molecule has 0 unspecified atom stereocenters. The van der Waals surface area contributed by atoms with Gasteiger partial charge in [0, 0.05) is 29.2 Å². The largest absolute Gasteiger partial charge is 0.493 e. The molecule has 8 heteroatoms. The topological polar surface area (TPSA) is 79.9 Å². The summed E-state index contributed by atoms with van der Waals surface area (Å²) in [5.74, 6) is 0.312. The second-order valence-electron chi connectivity index (χ2n) is 6.03. The number of rotatable bonds is 10. The van der Waals surface area contributed by atoms with E-state index in [0.29, 0.717) is 22.7 Å². The third kappa shape index (κ3) is 6.69. The van der Waals surface area contributed by atoms with Crippen molar-refractivity contribution in [3.05, 3.63) is 48.0 Å². The SMILES string of the molecule is CCN(CC)Sc1ccc(NC(=O)CNC(=O)c2ccc(OC)c(OC)c2)cc1. The van der Waals surface area contributed by atoms with Gasteiger partial charge in [0.15, 0.2) is 11.5 Å². The van der Waals surface area contributed by atoms with E-state index < -0.39 is 0 Å². The van der Waals surface area contributed by atoms with Crippen molar-refractivity contribution < 1.29 is 19.1 Å². The zero-order valence-electron chi connectivity index (χ0n) is 17.2. The summed E-state index contributed by atoms with van der Waals surface area (Å²) in [4.78, 5) is 25.5. The van der Waals surface area contributed by atoms with Crippen molar-refractivity contribution in [3.63, 3.8) is 0 Å². The van der Waals surface area contributed by atoms with Crippen molar-refractivity contribution >= 4 is 29.4 Å². The first-order chi connectivity index (χ1) is 14.0. The molecule has 2 aromatic rings. The van der Waals surface area contributed by atoms with Crippen LogP contribution < -0.4 is 20.1 Å². The number of nitrogens with zero attached hydrogens (tertiary/aromatic N) is 1. The highest BCUT2D eigenvalue weighted by atomic mass is 32.2. The zero-order valence-corrected chi connectivity index (χ0v) is 18.0. The summed E-state index contributed by atoms with van der Waals surface area (Å²) in [5, 5.41) is 5.38. The lowest BCUT2D eigenvalue weighted by atomic mass is 10.2. The Bertz CT molecular complexity index is 823. The van der Waals surface area contributed by atoms with Crippen molar-refractivity contribution in [3.8, 4) is 11.5 Å². The lowest BCUT2D eigenvalue weighted by molar-refractivity contribution is -0.115. The molecule has 2 aromatic carbocycles. The summed E-state index contributed by atoms with van der Waals surface area (Å²) < 4.78 is 12.6. The van der Waals surface area contributed by atoms with E-state index in [1.54, 1.807) is 30.1 Å². The Labute approximate surface area is 175 Å². The molecule has 0 bridgehead atoms. The van der Waals surface area contributed by atoms with Crippen LogP contribution in [-0.4, -0.2) is 50.0 Å². The van der Waals surface area contributed by atoms with Crippen LogP contribution in [0.5, 0.6) is 11.5 Å². The van der Waals surface area contributed by atoms with Crippen LogP contribution >= 0.6 is 11.9 Å². The molecule has 2 N–H and O–H groups in total. The van der Waals surface area contributed by atoms with Gasteiger partial charge in [-0.15, -0.1) is 0 Å². The van der Waals surface area contributed by atoms with Gasteiger partial charge < -0.3 is 20.1 Å². The Hall–Kier alpha value is -2.71. The first kappa shape index (κ1) is 22.6. The highest BCUT2D eigenvalue weighted by molar-refractivity contribution is 7.97. The molecule has 0 atom stereocenters. The first-order valence-corrected chi connectivity index (χ1v) is 10.1. The van der Waals surface area contributed by atoms with Gasteiger partial charge in [0.25, 0.3) is 5.91 Å². The van der Waals surface area contributed by atoms with Gasteiger partial charge in [-0.1, -0.05) is 13.8 Å². The fourth-order valence-electron chi connectivity index (χ4n) is 2.55. The molecule has 0 saturated heterocycles. The Morgan fingerprint density at radius 3 is 2.21 bits per heavy atom. The summed E-state index contributed by atoms with van der Waals surface area (Å²) >= 11 is 1.68. The molecule has 0 radical (unpaired) electrons. The molecule has 2 amide bonds. The maximum absolute atomic E-state index is 12.3. The van der Waals surface area contributed by atoms with Crippen LogP contribution in [-0.2, 0) is 4.79 Å². The molecule has 2 rings (SSSR count). The van der Waals surface area contributed by atoms with E-state index in [4.69, 9.17) is 9.47 Å². The second-order valence-corrected chi connectivity index (χ2v) is 7.20. The van der Waals surface area contributed by atoms with Crippen molar-refractivity contribution in [2.45, 2.75) is 18.7 Å². The monoisotopic (exact) mass is 417 g/mol. The number of carbonyl (C=O) groups excluding carboxylic acids is 2.